The number of allylic oxidation sites excluding steroid dienone is 2. The number of carboxylic acid groups (broad SMARTS) is 2. The minimum absolute atomic E-state index is 0.173. The van der Waals surface area contributed by atoms with Crippen molar-refractivity contribution >= 4 is 17.9 Å². The summed E-state index contributed by atoms with van der Waals surface area (Å²) in [6, 6.07) is 0. The molecule has 1 atom stereocenters. The molecular weight excluding hydrogens is 338 g/mol. The summed E-state index contributed by atoms with van der Waals surface area (Å²) < 4.78 is 5.86. The van der Waals surface area contributed by atoms with Crippen LogP contribution in [0.1, 0.15) is 57.8 Å². The van der Waals surface area contributed by atoms with Gasteiger partial charge >= 0.3 is 17.9 Å². The predicted molar refractivity (Wildman–Crippen MR) is 98.7 cm³/mol. The van der Waals surface area contributed by atoms with E-state index in [0.29, 0.717) is 23.9 Å². The molecule has 0 aromatic rings. The van der Waals surface area contributed by atoms with E-state index in [0.717, 1.165) is 32.1 Å². The first kappa shape index (κ1) is 24.1. The Morgan fingerprint density at radius 1 is 0.885 bits per heavy atom. The molecule has 7 heteroatoms. The second-order valence-corrected chi connectivity index (χ2v) is 7.54. The molecule has 1 unspecified atom stereocenters. The van der Waals surface area contributed by atoms with E-state index in [1.165, 1.54) is 0 Å². The van der Waals surface area contributed by atoms with Gasteiger partial charge in [-0.3, -0.25) is 14.4 Å². The number of likely N-dealkylation sites (N-methyl/N-ethyl adjacent to an activating group) is 1. The molecule has 0 aliphatic carbocycles. The van der Waals surface area contributed by atoms with Gasteiger partial charge in [-0.05, 0) is 32.1 Å². The molecule has 26 heavy (non-hydrogen) atoms. The molecule has 0 fully saturated rings. The molecule has 0 aromatic heterocycles. The Morgan fingerprint density at radius 3 is 2.04 bits per heavy atom. The van der Waals surface area contributed by atoms with Gasteiger partial charge in [-0.25, -0.2) is 0 Å². The lowest BCUT2D eigenvalue weighted by atomic mass is 10.1. The summed E-state index contributed by atoms with van der Waals surface area (Å²) in [5.74, 6) is -2.07. The number of carbonyl (C=O) groups is 3. The number of hydrogen-bond donors (Lipinski definition) is 2. The minimum Gasteiger partial charge on any atom is -0.481 e. The first-order valence-electron chi connectivity index (χ1n) is 9.18. The number of quaternary nitrogens is 1. The van der Waals surface area contributed by atoms with Gasteiger partial charge in [0.1, 0.15) is 6.54 Å². The largest absolute Gasteiger partial charge is 0.481 e. The summed E-state index contributed by atoms with van der Waals surface area (Å²) >= 11 is 0. The first-order chi connectivity index (χ1) is 12.1. The summed E-state index contributed by atoms with van der Waals surface area (Å²) in [4.78, 5) is 33.2. The predicted octanol–water partition coefficient (Wildman–Crippen LogP) is 2.84. The fourth-order valence-corrected chi connectivity index (χ4v) is 2.51. The maximum absolute atomic E-state index is 11.9. The molecule has 7 nitrogen and oxygen atoms in total. The van der Waals surface area contributed by atoms with E-state index in [1.54, 1.807) is 0 Å². The van der Waals surface area contributed by atoms with Crippen LogP contribution in [0.15, 0.2) is 12.2 Å². The van der Waals surface area contributed by atoms with Gasteiger partial charge in [0.2, 0.25) is 0 Å². The summed E-state index contributed by atoms with van der Waals surface area (Å²) in [6.07, 6.45) is 8.68. The summed E-state index contributed by atoms with van der Waals surface area (Å²) in [5.41, 5.74) is 0. The van der Waals surface area contributed by atoms with E-state index in [4.69, 9.17) is 14.9 Å². The number of unbranched alkanes of at least 4 members (excludes halogenated alkanes) is 4. The number of esters is 1. The maximum Gasteiger partial charge on any atom is 0.307 e. The highest BCUT2D eigenvalue weighted by atomic mass is 16.5. The van der Waals surface area contributed by atoms with Crippen LogP contribution in [0, 0.1) is 0 Å². The van der Waals surface area contributed by atoms with Crippen molar-refractivity contribution in [3.8, 4) is 0 Å². The molecule has 0 radical (unpaired) electrons. The lowest BCUT2D eigenvalue weighted by Crippen LogP contribution is -2.43. The molecule has 0 amide bonds. The van der Waals surface area contributed by atoms with Gasteiger partial charge in [-0.15, -0.1) is 0 Å². The third-order valence-corrected chi connectivity index (χ3v) is 3.63. The zero-order valence-corrected chi connectivity index (χ0v) is 16.3. The number of carbonyl (C=O) groups excluding carboxylic acids is 1. The van der Waals surface area contributed by atoms with E-state index in [2.05, 4.69) is 0 Å². The van der Waals surface area contributed by atoms with E-state index in [-0.39, 0.29) is 18.8 Å². The highest BCUT2D eigenvalue weighted by Gasteiger charge is 2.24. The van der Waals surface area contributed by atoms with Crippen molar-refractivity contribution in [3.63, 3.8) is 0 Å². The highest BCUT2D eigenvalue weighted by Crippen LogP contribution is 2.10. The number of aliphatic carboxylic acids is 2. The van der Waals surface area contributed by atoms with Crippen molar-refractivity contribution in [1.29, 1.82) is 0 Å². The number of rotatable bonds is 15. The molecule has 0 saturated carbocycles. The molecular formula is C19H34NO6+. The fraction of sp³-hybridized carbons (Fsp3) is 0.737. The van der Waals surface area contributed by atoms with Crippen LogP contribution in [0.25, 0.3) is 0 Å². The fourth-order valence-electron chi connectivity index (χ4n) is 2.51. The van der Waals surface area contributed by atoms with Crippen molar-refractivity contribution in [2.24, 2.45) is 0 Å². The van der Waals surface area contributed by atoms with Crippen LogP contribution < -0.4 is 0 Å². The molecule has 0 saturated heterocycles. The number of nitrogens with zero attached hydrogens (tertiary/aromatic N) is 1. The van der Waals surface area contributed by atoms with Gasteiger partial charge < -0.3 is 19.4 Å². The Hall–Kier alpha value is -1.89. The zero-order valence-electron chi connectivity index (χ0n) is 16.3. The average Bonchev–Trinajstić information content (AvgIpc) is 2.46. The van der Waals surface area contributed by atoms with Crippen molar-refractivity contribution in [3.05, 3.63) is 12.2 Å². The molecule has 150 valence electrons. The van der Waals surface area contributed by atoms with Crippen molar-refractivity contribution in [1.82, 2.24) is 0 Å². The van der Waals surface area contributed by atoms with Crippen LogP contribution in [0.3, 0.4) is 0 Å². The van der Waals surface area contributed by atoms with Crippen molar-refractivity contribution < 1.29 is 33.8 Å². The van der Waals surface area contributed by atoms with Gasteiger partial charge in [-0.1, -0.05) is 18.6 Å². The third kappa shape index (κ3) is 17.0. The Kier molecular flexibility index (Phi) is 12.4. The van der Waals surface area contributed by atoms with Crippen LogP contribution in [0.5, 0.6) is 0 Å². The van der Waals surface area contributed by atoms with Gasteiger partial charge in [-0.2, -0.15) is 0 Å². The van der Waals surface area contributed by atoms with Crippen LogP contribution >= 0.6 is 0 Å². The number of hydrogen-bond acceptors (Lipinski definition) is 4. The molecule has 0 rings (SSSR count). The quantitative estimate of drug-likeness (QED) is 0.198. The molecule has 2 N–H and O–H groups in total. The van der Waals surface area contributed by atoms with Crippen LogP contribution in [0.4, 0.5) is 0 Å². The molecule has 0 bridgehead atoms. The Bertz CT molecular complexity index is 467. The summed E-state index contributed by atoms with van der Waals surface area (Å²) in [5, 5.41) is 17.5. The standard InChI is InChI=1S/C19H33NO6/c1-20(2,3)15-16(14-18(23)24)26-19(25)13-11-9-7-5-4-6-8-10-12-17(21)22/h4,6,16H,5,7-15H2,1-3H3,(H-,21,22,23,24)/p+1/b6-4+. The molecule has 0 heterocycles. The SMILES string of the molecule is C[N+](C)(C)CC(CC(=O)O)OC(=O)CCCCC/C=C/CCCC(=O)O. The van der Waals surface area contributed by atoms with Crippen LogP contribution in [-0.2, 0) is 19.1 Å². The number of ether oxygens (including phenoxy) is 1. The van der Waals surface area contributed by atoms with Gasteiger partial charge in [0, 0.05) is 12.8 Å². The van der Waals surface area contributed by atoms with E-state index >= 15 is 0 Å². The van der Waals surface area contributed by atoms with Gasteiger partial charge in [0.05, 0.1) is 27.6 Å². The third-order valence-electron chi connectivity index (χ3n) is 3.63. The summed E-state index contributed by atoms with van der Waals surface area (Å²) in [7, 11) is 5.79. The lowest BCUT2D eigenvalue weighted by molar-refractivity contribution is -0.873. The monoisotopic (exact) mass is 372 g/mol. The Morgan fingerprint density at radius 2 is 1.50 bits per heavy atom. The van der Waals surface area contributed by atoms with E-state index in [9.17, 15) is 14.4 Å². The smallest absolute Gasteiger partial charge is 0.307 e. The average molecular weight is 372 g/mol. The van der Waals surface area contributed by atoms with Crippen molar-refractivity contribution in [2.45, 2.75) is 63.9 Å². The second-order valence-electron chi connectivity index (χ2n) is 7.54. The van der Waals surface area contributed by atoms with Gasteiger partial charge in [0.25, 0.3) is 0 Å². The van der Waals surface area contributed by atoms with Crippen LogP contribution in [0.2, 0.25) is 0 Å². The second kappa shape index (κ2) is 13.3. The van der Waals surface area contributed by atoms with E-state index in [1.807, 2.05) is 33.3 Å². The highest BCUT2D eigenvalue weighted by molar-refractivity contribution is 5.71. The Labute approximate surface area is 156 Å². The number of carboxylic acids is 2. The minimum atomic E-state index is -0.966. The summed E-state index contributed by atoms with van der Waals surface area (Å²) in [6.45, 7) is 0.463. The molecule has 0 aliphatic rings. The Balaban J connectivity index is 3.87. The normalized spacial score (nSPS) is 12.9. The lowest BCUT2D eigenvalue weighted by Gasteiger charge is -2.28. The molecule has 0 spiro atoms. The first-order valence-corrected chi connectivity index (χ1v) is 9.18. The molecule has 0 aliphatic heterocycles. The maximum atomic E-state index is 11.9. The molecule has 0 aromatic carbocycles. The van der Waals surface area contributed by atoms with Crippen molar-refractivity contribution in [2.75, 3.05) is 27.7 Å². The van der Waals surface area contributed by atoms with E-state index < -0.39 is 18.0 Å². The van der Waals surface area contributed by atoms with Gasteiger partial charge in [0.15, 0.2) is 6.10 Å². The topological polar surface area (TPSA) is 101 Å². The zero-order chi connectivity index (χ0) is 20.0. The van der Waals surface area contributed by atoms with Crippen LogP contribution in [-0.4, -0.2) is 66.4 Å².